The zero-order valence-electron chi connectivity index (χ0n) is 15.2. The van der Waals surface area contributed by atoms with Crippen molar-refractivity contribution in [1.29, 1.82) is 5.26 Å². The summed E-state index contributed by atoms with van der Waals surface area (Å²) >= 11 is 0. The van der Waals surface area contributed by atoms with Gasteiger partial charge in [0.2, 0.25) is 0 Å². The first-order valence-electron chi connectivity index (χ1n) is 8.74. The third-order valence-electron chi connectivity index (χ3n) is 4.21. The highest BCUT2D eigenvalue weighted by Crippen LogP contribution is 2.25. The first kappa shape index (κ1) is 17.4. The number of imidazole rings is 1. The van der Waals surface area contributed by atoms with Crippen molar-refractivity contribution in [3.63, 3.8) is 0 Å². The number of aromatic amines is 1. The Kier molecular flexibility index (Phi) is 4.77. The van der Waals surface area contributed by atoms with Gasteiger partial charge in [-0.25, -0.2) is 4.98 Å². The number of nitriles is 1. The van der Waals surface area contributed by atoms with Gasteiger partial charge in [-0.3, -0.25) is 0 Å². The van der Waals surface area contributed by atoms with Crippen molar-refractivity contribution in [2.75, 3.05) is 7.11 Å². The molecule has 1 heterocycles. The second-order valence-electron chi connectivity index (χ2n) is 6.13. The maximum atomic E-state index is 9.64. The highest BCUT2D eigenvalue weighted by Gasteiger charge is 2.09. The van der Waals surface area contributed by atoms with Gasteiger partial charge in [0.25, 0.3) is 0 Å². The molecule has 3 aromatic carbocycles. The van der Waals surface area contributed by atoms with Gasteiger partial charge in [-0.15, -0.1) is 0 Å². The number of methoxy groups -OCH3 is 1. The molecule has 136 valence electrons. The molecule has 0 fully saturated rings. The van der Waals surface area contributed by atoms with E-state index in [1.54, 1.807) is 13.2 Å². The van der Waals surface area contributed by atoms with Crippen molar-refractivity contribution in [3.05, 3.63) is 84.2 Å². The molecule has 4 rings (SSSR count). The monoisotopic (exact) mass is 367 g/mol. The van der Waals surface area contributed by atoms with Crippen molar-refractivity contribution < 1.29 is 9.47 Å². The number of hydrogen-bond acceptors (Lipinski definition) is 4. The van der Waals surface area contributed by atoms with Gasteiger partial charge in [0, 0.05) is 6.07 Å². The van der Waals surface area contributed by atoms with E-state index < -0.39 is 0 Å². The first-order valence-corrected chi connectivity index (χ1v) is 8.74. The van der Waals surface area contributed by atoms with E-state index in [4.69, 9.17) is 9.47 Å². The van der Waals surface area contributed by atoms with Gasteiger partial charge < -0.3 is 14.5 Å². The summed E-state index contributed by atoms with van der Waals surface area (Å²) in [7, 11) is 1.61. The summed E-state index contributed by atoms with van der Waals surface area (Å²) in [6.45, 7) is 0. The normalized spacial score (nSPS) is 11.2. The lowest BCUT2D eigenvalue weighted by Gasteiger charge is -2.06. The van der Waals surface area contributed by atoms with Gasteiger partial charge in [0.1, 0.15) is 29.1 Å². The molecule has 0 radical (unpaired) electrons. The van der Waals surface area contributed by atoms with E-state index in [-0.39, 0.29) is 0 Å². The Labute approximate surface area is 162 Å². The van der Waals surface area contributed by atoms with Crippen LogP contribution in [0.3, 0.4) is 0 Å². The van der Waals surface area contributed by atoms with Crippen LogP contribution in [-0.2, 0) is 0 Å². The van der Waals surface area contributed by atoms with Gasteiger partial charge >= 0.3 is 0 Å². The molecule has 0 atom stereocenters. The number of benzene rings is 3. The lowest BCUT2D eigenvalue weighted by atomic mass is 10.1. The number of rotatable bonds is 5. The molecule has 0 spiro atoms. The maximum Gasteiger partial charge on any atom is 0.149 e. The summed E-state index contributed by atoms with van der Waals surface area (Å²) in [5.74, 6) is 2.71. The fraction of sp³-hybridized carbons (Fsp3) is 0.0435. The number of fused-ring (bicyclic) bond motifs is 1. The Morgan fingerprint density at radius 2 is 1.79 bits per heavy atom. The Hall–Kier alpha value is -4.04. The molecule has 0 saturated carbocycles. The largest absolute Gasteiger partial charge is 0.497 e. The van der Waals surface area contributed by atoms with Gasteiger partial charge in [0.05, 0.1) is 23.7 Å². The van der Waals surface area contributed by atoms with E-state index in [1.807, 2.05) is 72.8 Å². The lowest BCUT2D eigenvalue weighted by Crippen LogP contribution is -1.87. The molecule has 0 saturated heterocycles. The molecule has 4 aromatic rings. The van der Waals surface area contributed by atoms with E-state index in [9.17, 15) is 5.26 Å². The Balaban J connectivity index is 1.65. The van der Waals surface area contributed by atoms with E-state index >= 15 is 0 Å². The van der Waals surface area contributed by atoms with Gasteiger partial charge in [0.15, 0.2) is 0 Å². The quantitative estimate of drug-likeness (QED) is 0.478. The van der Waals surface area contributed by atoms with Crippen LogP contribution < -0.4 is 9.47 Å². The number of ether oxygens (including phenoxy) is 2. The van der Waals surface area contributed by atoms with Crippen molar-refractivity contribution in [3.8, 4) is 23.3 Å². The molecule has 0 unspecified atom stereocenters. The molecule has 1 aromatic heterocycles. The van der Waals surface area contributed by atoms with Crippen molar-refractivity contribution in [2.45, 2.75) is 0 Å². The summed E-state index contributed by atoms with van der Waals surface area (Å²) in [4.78, 5) is 7.70. The summed E-state index contributed by atoms with van der Waals surface area (Å²) < 4.78 is 11.1. The average molecular weight is 367 g/mol. The first-order chi connectivity index (χ1) is 13.7. The molecule has 0 aliphatic rings. The number of nitrogens with zero attached hydrogens (tertiary/aromatic N) is 2. The number of allylic oxidation sites excluding steroid dienone is 1. The molecular formula is C23H17N3O2. The lowest BCUT2D eigenvalue weighted by molar-refractivity contribution is 0.415. The van der Waals surface area contributed by atoms with E-state index in [0.717, 1.165) is 28.1 Å². The number of nitrogens with one attached hydrogen (secondary N) is 1. The zero-order chi connectivity index (χ0) is 19.3. The number of para-hydroxylation sites is 1. The second-order valence-corrected chi connectivity index (χ2v) is 6.13. The number of H-pyrrole nitrogens is 1. The highest BCUT2D eigenvalue weighted by molar-refractivity contribution is 5.90. The Bertz CT molecular complexity index is 1190. The van der Waals surface area contributed by atoms with Crippen LogP contribution >= 0.6 is 0 Å². The molecular weight excluding hydrogens is 350 g/mol. The molecule has 0 amide bonds. The highest BCUT2D eigenvalue weighted by atomic mass is 16.5. The number of hydrogen-bond donors (Lipinski definition) is 1. The van der Waals surface area contributed by atoms with Gasteiger partial charge in [-0.2, -0.15) is 5.26 Å². The third-order valence-corrected chi connectivity index (χ3v) is 4.21. The summed E-state index contributed by atoms with van der Waals surface area (Å²) in [6, 6.07) is 24.9. The van der Waals surface area contributed by atoms with Crippen molar-refractivity contribution in [2.24, 2.45) is 0 Å². The van der Waals surface area contributed by atoms with E-state index in [1.165, 1.54) is 0 Å². The molecule has 5 nitrogen and oxygen atoms in total. The second kappa shape index (κ2) is 7.68. The van der Waals surface area contributed by atoms with Crippen LogP contribution in [0.25, 0.3) is 22.7 Å². The zero-order valence-corrected chi connectivity index (χ0v) is 15.2. The van der Waals surface area contributed by atoms with Gasteiger partial charge in [-0.1, -0.05) is 30.3 Å². The predicted octanol–water partition coefficient (Wildman–Crippen LogP) is 5.43. The van der Waals surface area contributed by atoms with Crippen LogP contribution in [0.2, 0.25) is 0 Å². The molecule has 1 N–H and O–H groups in total. The van der Waals surface area contributed by atoms with E-state index in [2.05, 4.69) is 16.0 Å². The standard InChI is InChI=1S/C23H17N3O2/c1-27-19-10-11-21-22(14-19)26-23(25-21)17(15-24)12-16-6-5-9-20(13-16)28-18-7-3-2-4-8-18/h2-14H,1H3,(H,25,26)/b17-12-. The topological polar surface area (TPSA) is 70.9 Å². The van der Waals surface area contributed by atoms with Crippen molar-refractivity contribution in [1.82, 2.24) is 9.97 Å². The minimum atomic E-state index is 0.437. The molecule has 28 heavy (non-hydrogen) atoms. The fourth-order valence-corrected chi connectivity index (χ4v) is 2.86. The summed E-state index contributed by atoms with van der Waals surface area (Å²) in [5, 5.41) is 9.64. The third kappa shape index (κ3) is 3.71. The molecule has 0 bridgehead atoms. The summed E-state index contributed by atoms with van der Waals surface area (Å²) in [5.41, 5.74) is 2.88. The molecule has 5 heteroatoms. The number of aromatic nitrogens is 2. The van der Waals surface area contributed by atoms with E-state index in [0.29, 0.717) is 17.1 Å². The van der Waals surface area contributed by atoms with Crippen LogP contribution in [0, 0.1) is 11.3 Å². The molecule has 0 aliphatic carbocycles. The minimum Gasteiger partial charge on any atom is -0.497 e. The van der Waals surface area contributed by atoms with Crippen LogP contribution in [0.15, 0.2) is 72.8 Å². The fourth-order valence-electron chi connectivity index (χ4n) is 2.86. The van der Waals surface area contributed by atoms with Crippen molar-refractivity contribution >= 4 is 22.7 Å². The Morgan fingerprint density at radius 1 is 0.964 bits per heavy atom. The van der Waals surface area contributed by atoms with Crippen LogP contribution in [0.1, 0.15) is 11.4 Å². The van der Waals surface area contributed by atoms with Gasteiger partial charge in [-0.05, 0) is 48.0 Å². The van der Waals surface area contributed by atoms with Crippen LogP contribution in [0.5, 0.6) is 17.2 Å². The smallest absolute Gasteiger partial charge is 0.149 e. The van der Waals surface area contributed by atoms with Crippen LogP contribution in [0.4, 0.5) is 0 Å². The van der Waals surface area contributed by atoms with Crippen LogP contribution in [-0.4, -0.2) is 17.1 Å². The summed E-state index contributed by atoms with van der Waals surface area (Å²) in [6.07, 6.45) is 1.78. The minimum absolute atomic E-state index is 0.437. The predicted molar refractivity (Wildman–Crippen MR) is 109 cm³/mol. The molecule has 0 aliphatic heterocycles. The SMILES string of the molecule is COc1ccc2nc(/C(C#N)=C\c3cccc(Oc4ccccc4)c3)[nH]c2c1. The maximum absolute atomic E-state index is 9.64. The average Bonchev–Trinajstić information content (AvgIpc) is 3.16. The Morgan fingerprint density at radius 3 is 2.57 bits per heavy atom.